The highest BCUT2D eigenvalue weighted by Gasteiger charge is 2.15. The maximum absolute atomic E-state index is 13.9. The Labute approximate surface area is 157 Å². The summed E-state index contributed by atoms with van der Waals surface area (Å²) >= 11 is 1.31. The molecule has 0 aliphatic rings. The average molecular weight is 383 g/mol. The fourth-order valence-corrected chi connectivity index (χ4v) is 3.59. The summed E-state index contributed by atoms with van der Waals surface area (Å²) in [4.78, 5) is 21.6. The number of H-pyrrole nitrogens is 1. The first kappa shape index (κ1) is 17.2. The lowest BCUT2D eigenvalue weighted by molar-refractivity contribution is 0.386. The summed E-state index contributed by atoms with van der Waals surface area (Å²) in [5.41, 5.74) is 1.08. The van der Waals surface area contributed by atoms with Crippen molar-refractivity contribution in [3.05, 3.63) is 70.5 Å². The van der Waals surface area contributed by atoms with Gasteiger partial charge in [0.05, 0.1) is 18.0 Å². The van der Waals surface area contributed by atoms with E-state index in [9.17, 15) is 9.18 Å². The molecule has 0 saturated heterocycles. The summed E-state index contributed by atoms with van der Waals surface area (Å²) in [5.74, 6) is 0.447. The van der Waals surface area contributed by atoms with Crippen LogP contribution in [0.25, 0.3) is 16.9 Å². The van der Waals surface area contributed by atoms with Gasteiger partial charge in [-0.25, -0.2) is 19.0 Å². The summed E-state index contributed by atoms with van der Waals surface area (Å²) < 4.78 is 20.2. The van der Waals surface area contributed by atoms with Crippen LogP contribution >= 0.6 is 11.8 Å². The molecule has 1 N–H and O–H groups in total. The number of ether oxygens (including phenoxy) is 1. The van der Waals surface area contributed by atoms with E-state index in [2.05, 4.69) is 20.2 Å². The Balaban J connectivity index is 1.75. The average Bonchev–Trinajstić information content (AvgIpc) is 3.21. The highest BCUT2D eigenvalue weighted by molar-refractivity contribution is 7.98. The van der Waals surface area contributed by atoms with E-state index in [1.807, 2.05) is 6.07 Å². The Morgan fingerprint density at radius 3 is 2.85 bits per heavy atom. The Hall–Kier alpha value is -3.20. The van der Waals surface area contributed by atoms with Crippen molar-refractivity contribution in [3.8, 4) is 11.7 Å². The minimum Gasteiger partial charge on any atom is -0.494 e. The number of para-hydroxylation sites is 1. The summed E-state index contributed by atoms with van der Waals surface area (Å²) in [6.45, 7) is 0. The number of nitrogens with one attached hydrogen (secondary N) is 1. The standard InChI is InChI=1S/C18H14FN5O2S/c1-26-15-7-6-11(8-13(15)19)9-27-18-22-14-5-3-2-4-12(14)16(25)24(18)17-20-10-21-23-17/h2-8,10H,9H2,1H3,(H,20,21,23). The molecule has 0 amide bonds. The van der Waals surface area contributed by atoms with Crippen LogP contribution in [0.1, 0.15) is 5.56 Å². The summed E-state index contributed by atoms with van der Waals surface area (Å²) in [6.07, 6.45) is 1.32. The third-order valence-corrected chi connectivity index (χ3v) is 4.95. The Kier molecular flexibility index (Phi) is 4.59. The molecule has 0 aliphatic heterocycles. The van der Waals surface area contributed by atoms with Crippen LogP contribution in [0.3, 0.4) is 0 Å². The largest absolute Gasteiger partial charge is 0.494 e. The quantitative estimate of drug-likeness (QED) is 0.421. The molecule has 7 nitrogen and oxygen atoms in total. The molecular formula is C18H14FN5O2S. The molecule has 9 heteroatoms. The summed E-state index contributed by atoms with van der Waals surface area (Å²) in [7, 11) is 1.42. The molecule has 136 valence electrons. The van der Waals surface area contributed by atoms with E-state index >= 15 is 0 Å². The number of hydrogen-bond donors (Lipinski definition) is 1. The number of aromatic amines is 1. The third-order valence-electron chi connectivity index (χ3n) is 3.94. The number of fused-ring (bicyclic) bond motifs is 1. The topological polar surface area (TPSA) is 85.7 Å². The van der Waals surface area contributed by atoms with Crippen LogP contribution in [-0.2, 0) is 5.75 Å². The van der Waals surface area contributed by atoms with Crippen LogP contribution in [0.2, 0.25) is 0 Å². The fourth-order valence-electron chi connectivity index (χ4n) is 2.65. The van der Waals surface area contributed by atoms with Gasteiger partial charge in [-0.3, -0.25) is 4.79 Å². The minimum absolute atomic E-state index is 0.186. The van der Waals surface area contributed by atoms with Crippen molar-refractivity contribution in [2.24, 2.45) is 0 Å². The molecule has 2 aromatic heterocycles. The molecule has 0 aliphatic carbocycles. The molecule has 0 atom stereocenters. The van der Waals surface area contributed by atoms with Gasteiger partial charge in [0.15, 0.2) is 16.7 Å². The number of hydrogen-bond acceptors (Lipinski definition) is 6. The molecule has 0 saturated carbocycles. The summed E-state index contributed by atoms with van der Waals surface area (Å²) in [5, 5.41) is 7.42. The van der Waals surface area contributed by atoms with Gasteiger partial charge >= 0.3 is 0 Å². The summed E-state index contributed by atoms with van der Waals surface area (Å²) in [6, 6.07) is 11.8. The number of aromatic nitrogens is 5. The van der Waals surface area contributed by atoms with Crippen molar-refractivity contribution in [1.29, 1.82) is 0 Å². The number of thioether (sulfide) groups is 1. The van der Waals surface area contributed by atoms with Gasteiger partial charge in [-0.05, 0) is 29.8 Å². The molecule has 0 unspecified atom stereocenters. The lowest BCUT2D eigenvalue weighted by atomic mass is 10.2. The van der Waals surface area contributed by atoms with Crippen molar-refractivity contribution in [2.45, 2.75) is 10.9 Å². The minimum atomic E-state index is -0.435. The first-order valence-electron chi connectivity index (χ1n) is 8.00. The zero-order valence-electron chi connectivity index (χ0n) is 14.2. The molecule has 4 rings (SSSR count). The number of nitrogens with zero attached hydrogens (tertiary/aromatic N) is 4. The molecule has 0 radical (unpaired) electrons. The molecule has 4 aromatic rings. The van der Waals surface area contributed by atoms with Gasteiger partial charge in [-0.2, -0.15) is 10.1 Å². The zero-order chi connectivity index (χ0) is 18.8. The van der Waals surface area contributed by atoms with Crippen LogP contribution in [0.4, 0.5) is 4.39 Å². The predicted octanol–water partition coefficient (Wildman–Crippen LogP) is 2.94. The first-order chi connectivity index (χ1) is 13.2. The molecule has 0 fully saturated rings. The van der Waals surface area contributed by atoms with Gasteiger partial charge in [0.2, 0.25) is 5.95 Å². The Bertz CT molecular complexity index is 1160. The number of benzene rings is 2. The second kappa shape index (κ2) is 7.20. The highest BCUT2D eigenvalue weighted by Crippen LogP contribution is 2.26. The van der Waals surface area contributed by atoms with Gasteiger partial charge in [0, 0.05) is 5.75 Å². The van der Waals surface area contributed by atoms with E-state index in [0.29, 0.717) is 21.8 Å². The third kappa shape index (κ3) is 3.28. The molecular weight excluding hydrogens is 369 g/mol. The zero-order valence-corrected chi connectivity index (χ0v) is 15.0. The van der Waals surface area contributed by atoms with Crippen molar-refractivity contribution in [2.75, 3.05) is 7.11 Å². The van der Waals surface area contributed by atoms with Gasteiger partial charge in [-0.1, -0.05) is 30.0 Å². The van der Waals surface area contributed by atoms with Crippen molar-refractivity contribution in [1.82, 2.24) is 24.7 Å². The lowest BCUT2D eigenvalue weighted by Gasteiger charge is -2.11. The lowest BCUT2D eigenvalue weighted by Crippen LogP contribution is -2.22. The van der Waals surface area contributed by atoms with E-state index in [-0.39, 0.29) is 17.3 Å². The molecule has 0 bridgehead atoms. The van der Waals surface area contributed by atoms with E-state index in [1.165, 1.54) is 35.8 Å². The van der Waals surface area contributed by atoms with Crippen LogP contribution in [0.5, 0.6) is 5.75 Å². The van der Waals surface area contributed by atoms with Crippen LogP contribution < -0.4 is 10.3 Å². The van der Waals surface area contributed by atoms with Gasteiger partial charge in [0.25, 0.3) is 5.56 Å². The molecule has 27 heavy (non-hydrogen) atoms. The molecule has 2 aromatic carbocycles. The van der Waals surface area contributed by atoms with E-state index in [0.717, 1.165) is 5.56 Å². The smallest absolute Gasteiger partial charge is 0.269 e. The van der Waals surface area contributed by atoms with Crippen LogP contribution in [0.15, 0.2) is 58.7 Å². The van der Waals surface area contributed by atoms with Gasteiger partial charge < -0.3 is 4.74 Å². The van der Waals surface area contributed by atoms with Gasteiger partial charge in [0.1, 0.15) is 6.33 Å². The van der Waals surface area contributed by atoms with Crippen molar-refractivity contribution in [3.63, 3.8) is 0 Å². The predicted molar refractivity (Wildman–Crippen MR) is 99.8 cm³/mol. The Morgan fingerprint density at radius 1 is 1.26 bits per heavy atom. The SMILES string of the molecule is COc1ccc(CSc2nc3ccccc3c(=O)n2-c2ncn[nH]2)cc1F. The maximum atomic E-state index is 13.9. The Morgan fingerprint density at radius 2 is 2.11 bits per heavy atom. The second-order valence-corrected chi connectivity index (χ2v) is 6.56. The number of halogens is 1. The van der Waals surface area contributed by atoms with E-state index in [4.69, 9.17) is 4.74 Å². The maximum Gasteiger partial charge on any atom is 0.269 e. The molecule has 2 heterocycles. The van der Waals surface area contributed by atoms with E-state index < -0.39 is 5.82 Å². The number of rotatable bonds is 5. The van der Waals surface area contributed by atoms with E-state index in [1.54, 1.807) is 30.3 Å². The first-order valence-corrected chi connectivity index (χ1v) is 8.98. The van der Waals surface area contributed by atoms with Crippen LogP contribution in [-0.4, -0.2) is 31.8 Å². The monoisotopic (exact) mass is 383 g/mol. The fraction of sp³-hybridized carbons (Fsp3) is 0.111. The number of methoxy groups -OCH3 is 1. The highest BCUT2D eigenvalue weighted by atomic mass is 32.2. The second-order valence-electron chi connectivity index (χ2n) is 5.62. The van der Waals surface area contributed by atoms with Crippen molar-refractivity contribution >= 4 is 22.7 Å². The van der Waals surface area contributed by atoms with Crippen LogP contribution in [0, 0.1) is 5.82 Å². The van der Waals surface area contributed by atoms with Gasteiger partial charge in [-0.15, -0.1) is 0 Å². The molecule has 0 spiro atoms. The van der Waals surface area contributed by atoms with Crippen molar-refractivity contribution < 1.29 is 9.13 Å². The normalized spacial score (nSPS) is 11.0.